The molecule has 4 heterocycles. The van der Waals surface area contributed by atoms with Crippen molar-refractivity contribution >= 4 is 17.4 Å². The summed E-state index contributed by atoms with van der Waals surface area (Å²) in [6.07, 6.45) is 5.43. The van der Waals surface area contributed by atoms with Crippen molar-refractivity contribution in [1.82, 2.24) is 29.6 Å². The number of amides is 1. The SMILES string of the molecule is Cc1nn(-c2ccc3nnc(C)n3n2)c2c1C(c1ccc(OC3CCCC3)cc1)CC(=O)N2. The van der Waals surface area contributed by atoms with Crippen molar-refractivity contribution in [3.05, 3.63) is 59.0 Å². The number of ether oxygens (including phenoxy) is 1. The van der Waals surface area contributed by atoms with Crippen molar-refractivity contribution in [3.63, 3.8) is 0 Å². The second-order valence-electron chi connectivity index (χ2n) is 8.87. The van der Waals surface area contributed by atoms with E-state index in [0.29, 0.717) is 35.6 Å². The number of nitrogens with one attached hydrogen (secondary N) is 1. The molecule has 1 saturated carbocycles. The molecule has 1 aliphatic carbocycles. The number of hydrogen-bond donors (Lipinski definition) is 1. The van der Waals surface area contributed by atoms with Gasteiger partial charge in [0.15, 0.2) is 17.3 Å². The van der Waals surface area contributed by atoms with E-state index < -0.39 is 0 Å². The second kappa shape index (κ2) is 7.68. The number of rotatable bonds is 4. The molecular formula is C24H25N7O2. The zero-order valence-corrected chi connectivity index (χ0v) is 18.7. The fraction of sp³-hybridized carbons (Fsp3) is 0.375. The van der Waals surface area contributed by atoms with Gasteiger partial charge in [0.05, 0.1) is 11.8 Å². The highest BCUT2D eigenvalue weighted by Crippen LogP contribution is 2.40. The highest BCUT2D eigenvalue weighted by Gasteiger charge is 2.33. The maximum absolute atomic E-state index is 12.7. The molecule has 2 aliphatic rings. The summed E-state index contributed by atoms with van der Waals surface area (Å²) in [5, 5.41) is 20.6. The Morgan fingerprint density at radius 1 is 1.00 bits per heavy atom. The van der Waals surface area contributed by atoms with Crippen LogP contribution in [0, 0.1) is 13.8 Å². The largest absolute Gasteiger partial charge is 0.490 e. The normalized spacial score (nSPS) is 18.5. The van der Waals surface area contributed by atoms with E-state index in [9.17, 15) is 4.79 Å². The Kier molecular flexibility index (Phi) is 4.63. The zero-order valence-electron chi connectivity index (χ0n) is 18.7. The Morgan fingerprint density at radius 2 is 1.79 bits per heavy atom. The lowest BCUT2D eigenvalue weighted by molar-refractivity contribution is -0.116. The van der Waals surface area contributed by atoms with E-state index in [2.05, 4.69) is 32.7 Å². The molecule has 1 unspecified atom stereocenters. The summed E-state index contributed by atoms with van der Waals surface area (Å²) < 4.78 is 9.49. The molecule has 0 spiro atoms. The topological polar surface area (TPSA) is 99.2 Å². The van der Waals surface area contributed by atoms with Crippen molar-refractivity contribution in [2.45, 2.75) is 58.0 Å². The van der Waals surface area contributed by atoms with E-state index in [-0.39, 0.29) is 11.8 Å². The summed E-state index contributed by atoms with van der Waals surface area (Å²) >= 11 is 0. The average molecular weight is 444 g/mol. The highest BCUT2D eigenvalue weighted by molar-refractivity contribution is 5.95. The van der Waals surface area contributed by atoms with Gasteiger partial charge in [0.2, 0.25) is 5.91 Å². The molecule has 0 saturated heterocycles. The van der Waals surface area contributed by atoms with Crippen LogP contribution in [0.2, 0.25) is 0 Å². The number of fused-ring (bicyclic) bond motifs is 2. The van der Waals surface area contributed by atoms with Crippen LogP contribution in [0.5, 0.6) is 5.75 Å². The molecule has 1 aromatic carbocycles. The van der Waals surface area contributed by atoms with Gasteiger partial charge >= 0.3 is 0 Å². The molecule has 6 rings (SSSR count). The number of aryl methyl sites for hydroxylation is 2. The number of aromatic nitrogens is 6. The van der Waals surface area contributed by atoms with Crippen LogP contribution in [-0.4, -0.2) is 41.6 Å². The summed E-state index contributed by atoms with van der Waals surface area (Å²) in [6.45, 7) is 3.82. The smallest absolute Gasteiger partial charge is 0.226 e. The van der Waals surface area contributed by atoms with E-state index in [1.54, 1.807) is 9.20 Å². The highest BCUT2D eigenvalue weighted by atomic mass is 16.5. The molecule has 4 aromatic rings. The molecule has 1 fully saturated rings. The van der Waals surface area contributed by atoms with Crippen molar-refractivity contribution in [2.24, 2.45) is 0 Å². The number of carbonyl (C=O) groups is 1. The molecule has 0 bridgehead atoms. The third-order valence-electron chi connectivity index (χ3n) is 6.61. The predicted molar refractivity (Wildman–Crippen MR) is 122 cm³/mol. The Hall–Kier alpha value is -3.75. The van der Waals surface area contributed by atoms with E-state index >= 15 is 0 Å². The van der Waals surface area contributed by atoms with Crippen molar-refractivity contribution < 1.29 is 9.53 Å². The summed E-state index contributed by atoms with van der Waals surface area (Å²) in [4.78, 5) is 12.7. The first-order valence-electron chi connectivity index (χ1n) is 11.4. The van der Waals surface area contributed by atoms with Crippen LogP contribution in [-0.2, 0) is 4.79 Å². The minimum Gasteiger partial charge on any atom is -0.490 e. The van der Waals surface area contributed by atoms with Crippen LogP contribution >= 0.6 is 0 Å². The Bertz CT molecular complexity index is 1350. The maximum Gasteiger partial charge on any atom is 0.226 e. The third kappa shape index (κ3) is 3.44. The number of nitrogens with zero attached hydrogens (tertiary/aromatic N) is 6. The fourth-order valence-corrected chi connectivity index (χ4v) is 4.97. The summed E-state index contributed by atoms with van der Waals surface area (Å²) in [7, 11) is 0. The van der Waals surface area contributed by atoms with Crippen molar-refractivity contribution in [1.29, 1.82) is 0 Å². The van der Waals surface area contributed by atoms with Crippen molar-refractivity contribution in [2.75, 3.05) is 5.32 Å². The molecular weight excluding hydrogens is 418 g/mol. The minimum atomic E-state index is -0.0802. The monoisotopic (exact) mass is 443 g/mol. The minimum absolute atomic E-state index is 0.0403. The lowest BCUT2D eigenvalue weighted by Crippen LogP contribution is -2.25. The molecule has 1 aliphatic heterocycles. The van der Waals surface area contributed by atoms with Gasteiger partial charge in [-0.1, -0.05) is 12.1 Å². The van der Waals surface area contributed by atoms with Gasteiger partial charge in [-0.2, -0.15) is 14.3 Å². The first-order chi connectivity index (χ1) is 16.1. The van der Waals surface area contributed by atoms with Gasteiger partial charge in [0.1, 0.15) is 11.6 Å². The van der Waals surface area contributed by atoms with Crippen LogP contribution in [0.15, 0.2) is 36.4 Å². The van der Waals surface area contributed by atoms with E-state index in [0.717, 1.165) is 35.4 Å². The fourth-order valence-electron chi connectivity index (χ4n) is 4.97. The number of anilines is 1. The quantitative estimate of drug-likeness (QED) is 0.516. The first-order valence-corrected chi connectivity index (χ1v) is 11.4. The summed E-state index contributed by atoms with van der Waals surface area (Å²) in [5.41, 5.74) is 3.62. The predicted octanol–water partition coefficient (Wildman–Crippen LogP) is 3.72. The van der Waals surface area contributed by atoms with Crippen LogP contribution < -0.4 is 10.1 Å². The van der Waals surface area contributed by atoms with Gasteiger partial charge in [-0.3, -0.25) is 4.79 Å². The number of hydrogen-bond acceptors (Lipinski definition) is 6. The average Bonchev–Trinajstić information content (AvgIpc) is 3.54. The van der Waals surface area contributed by atoms with Gasteiger partial charge in [0, 0.05) is 17.9 Å². The first kappa shape index (κ1) is 19.9. The van der Waals surface area contributed by atoms with Gasteiger partial charge in [-0.05, 0) is 69.4 Å². The van der Waals surface area contributed by atoms with Crippen LogP contribution in [0.25, 0.3) is 11.5 Å². The Morgan fingerprint density at radius 3 is 2.58 bits per heavy atom. The van der Waals surface area contributed by atoms with E-state index in [1.807, 2.05) is 38.1 Å². The van der Waals surface area contributed by atoms with Crippen molar-refractivity contribution in [3.8, 4) is 11.6 Å². The molecule has 33 heavy (non-hydrogen) atoms. The van der Waals surface area contributed by atoms with Crippen LogP contribution in [0.1, 0.15) is 60.7 Å². The van der Waals surface area contributed by atoms with E-state index in [4.69, 9.17) is 9.84 Å². The van der Waals surface area contributed by atoms with Crippen LogP contribution in [0.3, 0.4) is 0 Å². The molecule has 9 heteroatoms. The van der Waals surface area contributed by atoms with Crippen LogP contribution in [0.4, 0.5) is 5.82 Å². The van der Waals surface area contributed by atoms with Gasteiger partial charge in [0.25, 0.3) is 0 Å². The lowest BCUT2D eigenvalue weighted by atomic mass is 9.86. The molecule has 1 N–H and O–H groups in total. The zero-order chi connectivity index (χ0) is 22.5. The molecule has 168 valence electrons. The molecule has 1 amide bonds. The second-order valence-corrected chi connectivity index (χ2v) is 8.87. The van der Waals surface area contributed by atoms with Gasteiger partial charge in [-0.15, -0.1) is 15.3 Å². The molecule has 0 radical (unpaired) electrons. The Balaban J connectivity index is 1.36. The van der Waals surface area contributed by atoms with Gasteiger partial charge in [-0.25, -0.2) is 0 Å². The molecule has 3 aromatic heterocycles. The summed E-state index contributed by atoms with van der Waals surface area (Å²) in [6, 6.07) is 11.9. The number of carbonyl (C=O) groups excluding carboxylic acids is 1. The van der Waals surface area contributed by atoms with Gasteiger partial charge < -0.3 is 10.1 Å². The number of benzene rings is 1. The third-order valence-corrected chi connectivity index (χ3v) is 6.61. The summed E-state index contributed by atoms with van der Waals surface area (Å²) in [5.74, 6) is 2.71. The van der Waals surface area contributed by atoms with E-state index in [1.165, 1.54) is 12.8 Å². The Labute approximate surface area is 190 Å². The molecule has 1 atom stereocenters. The molecule has 9 nitrogen and oxygen atoms in total. The lowest BCUT2D eigenvalue weighted by Gasteiger charge is -2.24. The maximum atomic E-state index is 12.7. The standard InChI is InChI=1S/C24H25N7O2/c1-14-23-19(16-7-9-18(10-8-16)33-17-5-3-4-6-17)13-22(32)25-24(23)31(28-14)21-12-11-20-27-26-15(2)30(20)29-21/h7-12,17,19H,3-6,13H2,1-2H3,(H,25,32).